The molecule has 0 spiro atoms. The summed E-state index contributed by atoms with van der Waals surface area (Å²) in [6.45, 7) is 4.10. The van der Waals surface area contributed by atoms with Gasteiger partial charge in [0.15, 0.2) is 0 Å². The van der Waals surface area contributed by atoms with Gasteiger partial charge >= 0.3 is 0 Å². The predicted octanol–water partition coefficient (Wildman–Crippen LogP) is 3.22. The van der Waals surface area contributed by atoms with Gasteiger partial charge in [-0.1, -0.05) is 32.0 Å². The molecule has 0 saturated carbocycles. The molecular formula is C19H22N2O3. The highest BCUT2D eigenvalue weighted by molar-refractivity contribution is 5.94. The Bertz CT molecular complexity index is 709. The van der Waals surface area contributed by atoms with E-state index in [0.717, 1.165) is 11.3 Å². The Morgan fingerprint density at radius 3 is 2.42 bits per heavy atom. The maximum absolute atomic E-state index is 12.1. The number of carbonyl (C=O) groups is 2. The van der Waals surface area contributed by atoms with E-state index < -0.39 is 0 Å². The molecule has 0 radical (unpaired) electrons. The van der Waals surface area contributed by atoms with E-state index in [1.807, 2.05) is 38.1 Å². The topological polar surface area (TPSA) is 67.4 Å². The second kappa shape index (κ2) is 8.15. The molecule has 0 aromatic heterocycles. The molecule has 0 bridgehead atoms. The summed E-state index contributed by atoms with van der Waals surface area (Å²) in [5, 5.41) is 5.69. The molecule has 0 aliphatic rings. The molecule has 0 unspecified atom stereocenters. The molecule has 0 aliphatic carbocycles. The summed E-state index contributed by atoms with van der Waals surface area (Å²) in [5.74, 6) is 0.403. The summed E-state index contributed by atoms with van der Waals surface area (Å²) >= 11 is 0. The molecule has 0 heterocycles. The van der Waals surface area contributed by atoms with Crippen molar-refractivity contribution < 1.29 is 14.3 Å². The van der Waals surface area contributed by atoms with Crippen LogP contribution in [0.4, 0.5) is 5.69 Å². The van der Waals surface area contributed by atoms with Crippen LogP contribution in [0.1, 0.15) is 29.8 Å². The molecule has 5 heteroatoms. The van der Waals surface area contributed by atoms with E-state index in [2.05, 4.69) is 10.6 Å². The molecule has 2 amide bonds. The number of rotatable bonds is 6. The molecule has 0 saturated heterocycles. The van der Waals surface area contributed by atoms with E-state index in [4.69, 9.17) is 4.74 Å². The SMILES string of the molecule is COc1cccc(C(=O)NCc2ccc(NC(=O)C(C)C)cc2)c1. The number of hydrogen-bond donors (Lipinski definition) is 2. The van der Waals surface area contributed by atoms with E-state index in [1.165, 1.54) is 0 Å². The maximum atomic E-state index is 12.1. The molecule has 5 nitrogen and oxygen atoms in total. The first-order chi connectivity index (χ1) is 11.5. The van der Waals surface area contributed by atoms with Crippen molar-refractivity contribution in [3.05, 3.63) is 59.7 Å². The highest BCUT2D eigenvalue weighted by Gasteiger charge is 2.08. The Labute approximate surface area is 142 Å². The average molecular weight is 326 g/mol. The molecule has 24 heavy (non-hydrogen) atoms. The minimum atomic E-state index is -0.161. The van der Waals surface area contributed by atoms with Crippen LogP contribution >= 0.6 is 0 Å². The minimum Gasteiger partial charge on any atom is -0.497 e. The Morgan fingerprint density at radius 1 is 1.08 bits per heavy atom. The van der Waals surface area contributed by atoms with Crippen LogP contribution < -0.4 is 15.4 Å². The number of amides is 2. The summed E-state index contributed by atoms with van der Waals surface area (Å²) < 4.78 is 5.11. The van der Waals surface area contributed by atoms with Crippen molar-refractivity contribution in [2.45, 2.75) is 20.4 Å². The van der Waals surface area contributed by atoms with Crippen LogP contribution in [0.5, 0.6) is 5.75 Å². The van der Waals surface area contributed by atoms with Crippen LogP contribution in [0.3, 0.4) is 0 Å². The smallest absolute Gasteiger partial charge is 0.251 e. The van der Waals surface area contributed by atoms with Gasteiger partial charge in [0.05, 0.1) is 7.11 Å². The number of benzene rings is 2. The summed E-state index contributed by atoms with van der Waals surface area (Å²) in [4.78, 5) is 23.8. The van der Waals surface area contributed by atoms with E-state index in [9.17, 15) is 9.59 Å². The fourth-order valence-electron chi connectivity index (χ4n) is 2.04. The van der Waals surface area contributed by atoms with E-state index in [1.54, 1.807) is 31.4 Å². The third-order valence-corrected chi connectivity index (χ3v) is 3.53. The van der Waals surface area contributed by atoms with E-state index in [-0.39, 0.29) is 17.7 Å². The third-order valence-electron chi connectivity index (χ3n) is 3.53. The summed E-state index contributed by atoms with van der Waals surface area (Å²) in [7, 11) is 1.57. The standard InChI is InChI=1S/C19H22N2O3/c1-13(2)18(22)21-16-9-7-14(8-10-16)12-20-19(23)15-5-4-6-17(11-15)24-3/h4-11,13H,12H2,1-3H3,(H,20,23)(H,21,22). The zero-order chi connectivity index (χ0) is 17.5. The molecule has 2 N–H and O–H groups in total. The summed E-state index contributed by atoms with van der Waals surface area (Å²) in [6, 6.07) is 14.4. The lowest BCUT2D eigenvalue weighted by molar-refractivity contribution is -0.118. The molecule has 2 aromatic rings. The van der Waals surface area contributed by atoms with Crippen LogP contribution in [0.15, 0.2) is 48.5 Å². The van der Waals surface area contributed by atoms with Crippen molar-refractivity contribution in [2.24, 2.45) is 5.92 Å². The fraction of sp³-hybridized carbons (Fsp3) is 0.263. The number of anilines is 1. The van der Waals surface area contributed by atoms with E-state index >= 15 is 0 Å². The lowest BCUT2D eigenvalue weighted by atomic mass is 10.1. The Morgan fingerprint density at radius 2 is 1.79 bits per heavy atom. The number of carbonyl (C=O) groups excluding carboxylic acids is 2. The second-order valence-electron chi connectivity index (χ2n) is 5.76. The zero-order valence-corrected chi connectivity index (χ0v) is 14.1. The largest absolute Gasteiger partial charge is 0.497 e. The normalized spacial score (nSPS) is 10.3. The predicted molar refractivity (Wildman–Crippen MR) is 94.1 cm³/mol. The molecular weight excluding hydrogens is 304 g/mol. The Kier molecular flexibility index (Phi) is 5.95. The first kappa shape index (κ1) is 17.5. The van der Waals surface area contributed by atoms with Crippen LogP contribution in [-0.4, -0.2) is 18.9 Å². The van der Waals surface area contributed by atoms with Crippen molar-refractivity contribution in [3.63, 3.8) is 0 Å². The number of methoxy groups -OCH3 is 1. The Balaban J connectivity index is 1.92. The van der Waals surface area contributed by atoms with Gasteiger partial charge in [-0.15, -0.1) is 0 Å². The monoisotopic (exact) mass is 326 g/mol. The molecule has 2 rings (SSSR count). The second-order valence-corrected chi connectivity index (χ2v) is 5.76. The number of ether oxygens (including phenoxy) is 1. The summed E-state index contributed by atoms with van der Waals surface area (Å²) in [6.07, 6.45) is 0. The van der Waals surface area contributed by atoms with Crippen LogP contribution in [-0.2, 0) is 11.3 Å². The molecule has 2 aromatic carbocycles. The molecule has 0 atom stereocenters. The van der Waals surface area contributed by atoms with Gasteiger partial charge in [-0.2, -0.15) is 0 Å². The van der Waals surface area contributed by atoms with Crippen LogP contribution in [0, 0.1) is 5.92 Å². The van der Waals surface area contributed by atoms with Crippen LogP contribution in [0.25, 0.3) is 0 Å². The highest BCUT2D eigenvalue weighted by atomic mass is 16.5. The van der Waals surface area contributed by atoms with Crippen molar-refractivity contribution in [1.29, 1.82) is 0 Å². The van der Waals surface area contributed by atoms with E-state index in [0.29, 0.717) is 17.9 Å². The first-order valence-electron chi connectivity index (χ1n) is 7.81. The van der Waals surface area contributed by atoms with Gasteiger partial charge < -0.3 is 15.4 Å². The zero-order valence-electron chi connectivity index (χ0n) is 14.1. The van der Waals surface area contributed by atoms with Gasteiger partial charge in [0.25, 0.3) is 5.91 Å². The van der Waals surface area contributed by atoms with Crippen molar-refractivity contribution in [1.82, 2.24) is 5.32 Å². The van der Waals surface area contributed by atoms with Crippen molar-refractivity contribution >= 4 is 17.5 Å². The molecule has 0 aliphatic heterocycles. The highest BCUT2D eigenvalue weighted by Crippen LogP contribution is 2.13. The lowest BCUT2D eigenvalue weighted by Gasteiger charge is -2.09. The average Bonchev–Trinajstić information content (AvgIpc) is 2.60. The number of hydrogen-bond acceptors (Lipinski definition) is 3. The van der Waals surface area contributed by atoms with Gasteiger partial charge in [0, 0.05) is 23.7 Å². The molecule has 0 fully saturated rings. The molecule has 126 valence electrons. The van der Waals surface area contributed by atoms with Gasteiger partial charge in [-0.25, -0.2) is 0 Å². The minimum absolute atomic E-state index is 0.0194. The number of nitrogens with one attached hydrogen (secondary N) is 2. The van der Waals surface area contributed by atoms with Gasteiger partial charge in [0.2, 0.25) is 5.91 Å². The Hall–Kier alpha value is -2.82. The van der Waals surface area contributed by atoms with Gasteiger partial charge in [-0.3, -0.25) is 9.59 Å². The van der Waals surface area contributed by atoms with Crippen LogP contribution in [0.2, 0.25) is 0 Å². The fourth-order valence-corrected chi connectivity index (χ4v) is 2.04. The summed E-state index contributed by atoms with van der Waals surface area (Å²) in [5.41, 5.74) is 2.25. The quantitative estimate of drug-likeness (QED) is 0.856. The van der Waals surface area contributed by atoms with Gasteiger partial charge in [0.1, 0.15) is 5.75 Å². The maximum Gasteiger partial charge on any atom is 0.251 e. The lowest BCUT2D eigenvalue weighted by Crippen LogP contribution is -2.22. The van der Waals surface area contributed by atoms with Gasteiger partial charge in [-0.05, 0) is 35.9 Å². The first-order valence-corrected chi connectivity index (χ1v) is 7.81. The van der Waals surface area contributed by atoms with Crippen molar-refractivity contribution in [2.75, 3.05) is 12.4 Å². The third kappa shape index (κ3) is 4.84. The van der Waals surface area contributed by atoms with Crippen molar-refractivity contribution in [3.8, 4) is 5.75 Å².